The Morgan fingerprint density at radius 2 is 1.81 bits per heavy atom. The molecule has 0 unspecified atom stereocenters. The minimum absolute atomic E-state index is 0.0847. The van der Waals surface area contributed by atoms with E-state index in [0.717, 1.165) is 24.0 Å². The van der Waals surface area contributed by atoms with Gasteiger partial charge in [-0.25, -0.2) is 0 Å². The Morgan fingerprint density at radius 3 is 2.50 bits per heavy atom. The maximum atomic E-state index is 14.0. The van der Waals surface area contributed by atoms with Crippen LogP contribution in [0.4, 0.5) is 32.0 Å². The number of carbonyl (C=O) groups is 1. The molecule has 1 N–H and O–H groups in total. The lowest BCUT2D eigenvalue weighted by atomic mass is 10.0. The van der Waals surface area contributed by atoms with E-state index in [9.17, 15) is 31.1 Å². The third kappa shape index (κ3) is 3.79. The van der Waals surface area contributed by atoms with Crippen molar-refractivity contribution in [1.29, 1.82) is 0 Å². The van der Waals surface area contributed by atoms with Crippen LogP contribution >= 0.6 is 0 Å². The summed E-state index contributed by atoms with van der Waals surface area (Å²) in [7, 11) is 1.14. The van der Waals surface area contributed by atoms with E-state index in [1.165, 1.54) is 24.5 Å². The first-order chi connectivity index (χ1) is 15.0. The Labute approximate surface area is 175 Å². The first kappa shape index (κ1) is 21.4. The van der Waals surface area contributed by atoms with Crippen LogP contribution in [-0.4, -0.2) is 20.7 Å². The number of fused-ring (bicyclic) bond motifs is 1. The number of rotatable bonds is 3. The van der Waals surface area contributed by atoms with E-state index in [-0.39, 0.29) is 11.3 Å². The van der Waals surface area contributed by atoms with Crippen LogP contribution in [-0.2, 0) is 19.4 Å². The molecule has 6 nitrogen and oxygen atoms in total. The van der Waals surface area contributed by atoms with Gasteiger partial charge in [0.15, 0.2) is 0 Å². The van der Waals surface area contributed by atoms with Gasteiger partial charge in [-0.1, -0.05) is 12.1 Å². The van der Waals surface area contributed by atoms with Crippen LogP contribution in [0.5, 0.6) is 0 Å². The predicted molar refractivity (Wildman–Crippen MR) is 101 cm³/mol. The Morgan fingerprint density at radius 1 is 1.06 bits per heavy atom. The summed E-state index contributed by atoms with van der Waals surface area (Å²) in [5, 5.41) is 6.31. The quantitative estimate of drug-likeness (QED) is 0.414. The number of aromatic nitrogens is 3. The van der Waals surface area contributed by atoms with Gasteiger partial charge in [0.1, 0.15) is 28.2 Å². The van der Waals surface area contributed by atoms with Gasteiger partial charge in [-0.05, 0) is 24.3 Å². The number of nitrogens with zero attached hydrogens (tertiary/aromatic N) is 3. The zero-order valence-corrected chi connectivity index (χ0v) is 16.0. The van der Waals surface area contributed by atoms with Crippen LogP contribution in [0.2, 0.25) is 0 Å². The van der Waals surface area contributed by atoms with Crippen molar-refractivity contribution >= 4 is 22.6 Å². The lowest BCUT2D eigenvalue weighted by Crippen LogP contribution is -2.21. The summed E-state index contributed by atoms with van der Waals surface area (Å²) in [5.41, 5.74) is -3.96. The van der Waals surface area contributed by atoms with Crippen molar-refractivity contribution in [3.05, 3.63) is 65.8 Å². The monoisotopic (exact) mass is 454 g/mol. The van der Waals surface area contributed by atoms with Gasteiger partial charge in [-0.15, -0.1) is 0 Å². The molecule has 0 saturated heterocycles. The lowest BCUT2D eigenvalue weighted by Gasteiger charge is -2.12. The van der Waals surface area contributed by atoms with Gasteiger partial charge in [0.25, 0.3) is 5.91 Å². The number of benzene rings is 1. The van der Waals surface area contributed by atoms with Crippen LogP contribution in [0.25, 0.3) is 22.2 Å². The summed E-state index contributed by atoms with van der Waals surface area (Å²) in [6, 6.07) is 7.46. The fourth-order valence-electron chi connectivity index (χ4n) is 3.30. The van der Waals surface area contributed by atoms with Crippen LogP contribution in [0.15, 0.2) is 53.3 Å². The molecule has 1 amide bonds. The molecule has 3 aromatic heterocycles. The fraction of sp³-hybridized carbons (Fsp3) is 0.150. The number of halogens is 6. The molecule has 1 aromatic carbocycles. The lowest BCUT2D eigenvalue weighted by molar-refractivity contribution is -0.141. The molecule has 0 aliphatic rings. The van der Waals surface area contributed by atoms with E-state index in [1.807, 2.05) is 0 Å². The zero-order chi connectivity index (χ0) is 23.3. The number of amides is 1. The number of anilines is 1. The van der Waals surface area contributed by atoms with Crippen molar-refractivity contribution in [2.45, 2.75) is 12.4 Å². The van der Waals surface area contributed by atoms with E-state index in [0.29, 0.717) is 17.0 Å². The molecule has 12 heteroatoms. The molecule has 4 aromatic rings. The van der Waals surface area contributed by atoms with Gasteiger partial charge in [-0.3, -0.25) is 14.5 Å². The Balaban J connectivity index is 1.82. The first-order valence-electron chi connectivity index (χ1n) is 8.92. The summed E-state index contributed by atoms with van der Waals surface area (Å²) in [4.78, 5) is 15.9. The van der Waals surface area contributed by atoms with Crippen LogP contribution < -0.4 is 5.32 Å². The molecule has 4 rings (SSSR count). The maximum absolute atomic E-state index is 14.0. The Kier molecular flexibility index (Phi) is 4.94. The second kappa shape index (κ2) is 7.39. The Bertz CT molecular complexity index is 1320. The minimum atomic E-state index is -4.99. The Hall–Kier alpha value is -3.83. The number of nitrogens with one attached hydrogen (secondary N) is 1. The number of alkyl halides is 6. The fourth-order valence-corrected chi connectivity index (χ4v) is 3.30. The number of hydrogen-bond acceptors (Lipinski definition) is 4. The first-order valence-corrected chi connectivity index (χ1v) is 8.92. The molecule has 0 bridgehead atoms. The molecular formula is C20H12F6N4O2. The number of pyridine rings is 1. The third-order valence-electron chi connectivity index (χ3n) is 4.60. The second-order valence-electron chi connectivity index (χ2n) is 6.71. The average Bonchev–Trinajstić information content (AvgIpc) is 3.31. The topological polar surface area (TPSA) is 73.0 Å². The van der Waals surface area contributed by atoms with Crippen molar-refractivity contribution in [2.24, 2.45) is 7.05 Å². The van der Waals surface area contributed by atoms with Gasteiger partial charge in [0.05, 0.1) is 6.26 Å². The minimum Gasteiger partial charge on any atom is -0.464 e. The van der Waals surface area contributed by atoms with E-state index in [1.54, 1.807) is 6.07 Å². The number of furan rings is 1. The standard InChI is InChI=1S/C20H12F6N4O2/c1-30-17(18(31)28-10-5-7-27-14(9-10)19(21,22)23)15(20(24,25)26)16(29-30)12-3-2-4-13-11(12)6-8-32-13/h2-9H,1H3,(H,27,28,31). The predicted octanol–water partition coefficient (Wildman–Crippen LogP) is 5.52. The van der Waals surface area contributed by atoms with Gasteiger partial charge >= 0.3 is 12.4 Å². The number of hydrogen-bond donors (Lipinski definition) is 1. The van der Waals surface area contributed by atoms with Gasteiger partial charge in [-0.2, -0.15) is 31.4 Å². The SMILES string of the molecule is Cn1nc(-c2cccc3occc23)c(C(F)(F)F)c1C(=O)Nc1ccnc(C(F)(F)F)c1. The highest BCUT2D eigenvalue weighted by molar-refractivity contribution is 6.06. The number of aryl methyl sites for hydroxylation is 1. The van der Waals surface area contributed by atoms with E-state index >= 15 is 0 Å². The highest BCUT2D eigenvalue weighted by Gasteiger charge is 2.42. The number of carbonyl (C=O) groups excluding carboxylic acids is 1. The highest BCUT2D eigenvalue weighted by Crippen LogP contribution is 2.41. The summed E-state index contributed by atoms with van der Waals surface area (Å²) in [5.74, 6) is -1.28. The van der Waals surface area contributed by atoms with Gasteiger partial charge < -0.3 is 9.73 Å². The van der Waals surface area contributed by atoms with Crippen LogP contribution in [0, 0.1) is 0 Å². The molecule has 0 atom stereocenters. The van der Waals surface area contributed by atoms with Crippen molar-refractivity contribution in [3.63, 3.8) is 0 Å². The van der Waals surface area contributed by atoms with Crippen molar-refractivity contribution in [3.8, 4) is 11.3 Å². The molecule has 0 spiro atoms. The summed E-state index contributed by atoms with van der Waals surface area (Å²) in [6.07, 6.45) is -7.69. The van der Waals surface area contributed by atoms with Crippen molar-refractivity contribution in [1.82, 2.24) is 14.8 Å². The molecule has 3 heterocycles. The normalized spacial score (nSPS) is 12.3. The molecule has 0 saturated carbocycles. The van der Waals surface area contributed by atoms with Gasteiger partial charge in [0.2, 0.25) is 0 Å². The summed E-state index contributed by atoms with van der Waals surface area (Å²) in [6.45, 7) is 0. The summed E-state index contributed by atoms with van der Waals surface area (Å²) >= 11 is 0. The molecule has 166 valence electrons. The zero-order valence-electron chi connectivity index (χ0n) is 16.0. The molecule has 0 aliphatic heterocycles. The van der Waals surface area contributed by atoms with Crippen LogP contribution in [0.1, 0.15) is 21.7 Å². The largest absolute Gasteiger partial charge is 0.464 e. The van der Waals surface area contributed by atoms with E-state index in [2.05, 4.69) is 15.4 Å². The molecule has 0 radical (unpaired) electrons. The van der Waals surface area contributed by atoms with Crippen molar-refractivity contribution < 1.29 is 35.6 Å². The van der Waals surface area contributed by atoms with Gasteiger partial charge in [0, 0.05) is 29.9 Å². The van der Waals surface area contributed by atoms with Crippen molar-refractivity contribution in [2.75, 3.05) is 5.32 Å². The van der Waals surface area contributed by atoms with E-state index in [4.69, 9.17) is 4.42 Å². The molecule has 32 heavy (non-hydrogen) atoms. The second-order valence-corrected chi connectivity index (χ2v) is 6.71. The molecular weight excluding hydrogens is 442 g/mol. The molecule has 0 fully saturated rings. The maximum Gasteiger partial charge on any atom is 0.433 e. The highest BCUT2D eigenvalue weighted by atomic mass is 19.4. The summed E-state index contributed by atoms with van der Waals surface area (Å²) < 4.78 is 86.6. The molecule has 0 aliphatic carbocycles. The smallest absolute Gasteiger partial charge is 0.433 e. The van der Waals surface area contributed by atoms with Crippen LogP contribution in [0.3, 0.4) is 0 Å². The third-order valence-corrected chi connectivity index (χ3v) is 4.60. The average molecular weight is 454 g/mol. The van der Waals surface area contributed by atoms with E-state index < -0.39 is 40.9 Å².